The van der Waals surface area contributed by atoms with Crippen molar-refractivity contribution < 1.29 is 36.7 Å². The monoisotopic (exact) mass is 577 g/mol. The van der Waals surface area contributed by atoms with E-state index in [-0.39, 0.29) is 25.3 Å². The maximum atomic E-state index is 13.9. The van der Waals surface area contributed by atoms with Crippen molar-refractivity contribution in [3.05, 3.63) is 65.5 Å². The second kappa shape index (κ2) is 10.8. The second-order valence-corrected chi connectivity index (χ2v) is 11.5. The van der Waals surface area contributed by atoms with Crippen LogP contribution in [0.15, 0.2) is 48.5 Å². The van der Waals surface area contributed by atoms with Crippen molar-refractivity contribution in [1.82, 2.24) is 15.5 Å². The van der Waals surface area contributed by atoms with Crippen LogP contribution in [-0.2, 0) is 31.0 Å². The summed E-state index contributed by atoms with van der Waals surface area (Å²) in [7, 11) is 0. The summed E-state index contributed by atoms with van der Waals surface area (Å²) in [5, 5.41) is 7.02. The number of nitrogens with two attached hydrogens (primary N) is 1. The van der Waals surface area contributed by atoms with Gasteiger partial charge in [0.2, 0.25) is 17.7 Å². The lowest BCUT2D eigenvalue weighted by Gasteiger charge is -2.33. The van der Waals surface area contributed by atoms with E-state index in [4.69, 9.17) is 5.73 Å². The van der Waals surface area contributed by atoms with Gasteiger partial charge in [0, 0.05) is 25.1 Å². The third-order valence-electron chi connectivity index (χ3n) is 7.44. The quantitative estimate of drug-likeness (QED) is 0.392. The van der Waals surface area contributed by atoms with Gasteiger partial charge in [-0.15, -0.1) is 0 Å². The van der Waals surface area contributed by atoms with Crippen LogP contribution in [0.5, 0.6) is 0 Å². The van der Waals surface area contributed by atoms with E-state index in [0.717, 1.165) is 12.1 Å². The lowest BCUT2D eigenvalue weighted by atomic mass is 9.80. The van der Waals surface area contributed by atoms with Gasteiger partial charge in [-0.1, -0.05) is 51.1 Å². The van der Waals surface area contributed by atoms with Crippen LogP contribution < -0.4 is 21.7 Å². The zero-order chi connectivity index (χ0) is 30.3. The molecule has 2 aliphatic rings. The Bertz CT molecular complexity index is 1360. The van der Waals surface area contributed by atoms with Crippen molar-refractivity contribution in [2.24, 2.45) is 11.1 Å². The number of hydrogen-bond donors (Lipinski definition) is 4. The Hall–Kier alpha value is -4.00. The van der Waals surface area contributed by atoms with Gasteiger partial charge < -0.3 is 26.6 Å². The number of amides is 4. The molecule has 0 aromatic heterocycles. The summed E-state index contributed by atoms with van der Waals surface area (Å²) in [6.07, 6.45) is -6.21. The molecule has 0 saturated carbocycles. The number of nitrogens with one attached hydrogen (secondary N) is 3. The molecule has 41 heavy (non-hydrogen) atoms. The van der Waals surface area contributed by atoms with Crippen LogP contribution in [0.4, 0.5) is 23.2 Å². The number of carbonyl (C=O) groups is 4. The first-order chi connectivity index (χ1) is 19.0. The van der Waals surface area contributed by atoms with Crippen LogP contribution in [0, 0.1) is 11.2 Å². The van der Waals surface area contributed by atoms with Crippen molar-refractivity contribution in [2.75, 3.05) is 11.9 Å². The third kappa shape index (κ3) is 6.04. The smallest absolute Gasteiger partial charge is 0.342 e. The molecule has 0 bridgehead atoms. The Morgan fingerprint density at radius 3 is 2.32 bits per heavy atom. The summed E-state index contributed by atoms with van der Waals surface area (Å²) < 4.78 is 52.6. The fourth-order valence-electron chi connectivity index (χ4n) is 5.31. The lowest BCUT2D eigenvalue weighted by Crippen LogP contribution is -2.60. The third-order valence-corrected chi connectivity index (χ3v) is 7.44. The minimum atomic E-state index is -5.23. The topological polar surface area (TPSA) is 134 Å². The predicted octanol–water partition coefficient (Wildman–Crippen LogP) is 2.35. The number of nitrogens with zero attached hydrogens (tertiary/aromatic N) is 1. The van der Waals surface area contributed by atoms with E-state index in [1.165, 1.54) is 37.8 Å². The van der Waals surface area contributed by atoms with Crippen molar-refractivity contribution in [3.8, 4) is 0 Å². The molecular weight excluding hydrogens is 546 g/mol. The standard InChI is InChI=1S/C28H31F4N5O4/c1-26(2,3)21(36-25(41)28(30,31)32)22(38)34-19(12-15-8-10-16(29)11-9-15)23(39)37-14-27(13-20(37)33)17-6-4-5-7-18(17)35-24(27)40/h4-11,19-21H,12-14,33H2,1-3H3,(H,34,38)(H,35,40)(H,36,41)/t19-,20-,21+,27-/m0/s1. The summed E-state index contributed by atoms with van der Waals surface area (Å²) in [6, 6.07) is 9.13. The predicted molar refractivity (Wildman–Crippen MR) is 141 cm³/mol. The maximum Gasteiger partial charge on any atom is 0.471 e. The average Bonchev–Trinajstić information content (AvgIpc) is 3.37. The van der Waals surface area contributed by atoms with Gasteiger partial charge in [0.25, 0.3) is 0 Å². The van der Waals surface area contributed by atoms with Crippen LogP contribution in [0.3, 0.4) is 0 Å². The Balaban J connectivity index is 1.64. The fourth-order valence-corrected chi connectivity index (χ4v) is 5.31. The van der Waals surface area contributed by atoms with Crippen LogP contribution in [0.2, 0.25) is 0 Å². The Morgan fingerprint density at radius 1 is 1.07 bits per heavy atom. The van der Waals surface area contributed by atoms with Gasteiger partial charge in [0.15, 0.2) is 0 Å². The molecule has 2 aliphatic heterocycles. The van der Waals surface area contributed by atoms with Gasteiger partial charge in [-0.05, 0) is 34.7 Å². The van der Waals surface area contributed by atoms with Gasteiger partial charge in [0.1, 0.15) is 17.9 Å². The summed E-state index contributed by atoms with van der Waals surface area (Å²) in [5.41, 5.74) is 5.79. The van der Waals surface area contributed by atoms with E-state index in [9.17, 15) is 36.7 Å². The molecule has 1 spiro atoms. The number of alkyl halides is 3. The van der Waals surface area contributed by atoms with Crippen LogP contribution in [-0.4, -0.2) is 59.5 Å². The van der Waals surface area contributed by atoms with Crippen molar-refractivity contribution >= 4 is 29.3 Å². The van der Waals surface area contributed by atoms with Crippen molar-refractivity contribution in [1.29, 1.82) is 0 Å². The van der Waals surface area contributed by atoms with Gasteiger partial charge in [-0.2, -0.15) is 13.2 Å². The molecule has 9 nitrogen and oxygen atoms in total. The van der Waals surface area contributed by atoms with Crippen molar-refractivity contribution in [2.45, 2.75) is 63.5 Å². The Labute approximate surface area is 233 Å². The van der Waals surface area contributed by atoms with Crippen LogP contribution >= 0.6 is 0 Å². The maximum absolute atomic E-state index is 13.9. The highest BCUT2D eigenvalue weighted by atomic mass is 19.4. The number of hydrogen-bond acceptors (Lipinski definition) is 5. The fraction of sp³-hybridized carbons (Fsp3) is 0.429. The first-order valence-electron chi connectivity index (χ1n) is 12.9. The molecule has 2 aromatic carbocycles. The van der Waals surface area contributed by atoms with Gasteiger partial charge in [0.05, 0.1) is 11.6 Å². The van der Waals surface area contributed by atoms with E-state index in [1.807, 2.05) is 0 Å². The Kier molecular flexibility index (Phi) is 7.87. The second-order valence-electron chi connectivity index (χ2n) is 11.5. The number of halogens is 4. The largest absolute Gasteiger partial charge is 0.471 e. The summed E-state index contributed by atoms with van der Waals surface area (Å²) in [6.45, 7) is 4.28. The minimum Gasteiger partial charge on any atom is -0.342 e. The molecule has 0 aliphatic carbocycles. The highest BCUT2D eigenvalue weighted by Crippen LogP contribution is 2.45. The van der Waals surface area contributed by atoms with Crippen LogP contribution in [0.25, 0.3) is 0 Å². The number of likely N-dealkylation sites (tertiary alicyclic amines) is 1. The number of para-hydroxylation sites is 1. The molecule has 5 N–H and O–H groups in total. The van der Waals surface area contributed by atoms with E-state index >= 15 is 0 Å². The normalized spacial score (nSPS) is 21.7. The first kappa shape index (κ1) is 30.0. The summed E-state index contributed by atoms with van der Waals surface area (Å²) >= 11 is 0. The zero-order valence-electron chi connectivity index (χ0n) is 22.6. The molecule has 2 aromatic rings. The molecule has 0 unspecified atom stereocenters. The van der Waals surface area contributed by atoms with Crippen molar-refractivity contribution in [3.63, 3.8) is 0 Å². The summed E-state index contributed by atoms with van der Waals surface area (Å²) in [4.78, 5) is 53.3. The molecule has 2 heterocycles. The first-order valence-corrected chi connectivity index (χ1v) is 12.9. The molecule has 4 amide bonds. The average molecular weight is 578 g/mol. The molecular formula is C28H31F4N5O4. The van der Waals surface area contributed by atoms with Gasteiger partial charge in [-0.25, -0.2) is 4.39 Å². The van der Waals surface area contributed by atoms with Crippen LogP contribution in [0.1, 0.15) is 38.3 Å². The SMILES string of the molecule is CC(C)(C)[C@H](NC(=O)C(F)(F)F)C(=O)N[C@@H](Cc1ccc(F)cc1)C(=O)N1C[C@]2(C[C@H]1N)C(=O)Nc1ccccc12. The summed E-state index contributed by atoms with van der Waals surface area (Å²) in [5.74, 6) is -4.87. The highest BCUT2D eigenvalue weighted by Gasteiger charge is 2.55. The number of rotatable bonds is 6. The molecule has 13 heteroatoms. The lowest BCUT2D eigenvalue weighted by molar-refractivity contribution is -0.175. The van der Waals surface area contributed by atoms with E-state index in [0.29, 0.717) is 16.8 Å². The zero-order valence-corrected chi connectivity index (χ0v) is 22.6. The molecule has 4 atom stereocenters. The molecule has 1 saturated heterocycles. The number of carbonyl (C=O) groups excluding carboxylic acids is 4. The molecule has 4 rings (SSSR count). The van der Waals surface area contributed by atoms with E-state index < -0.39 is 58.8 Å². The highest BCUT2D eigenvalue weighted by molar-refractivity contribution is 6.07. The van der Waals surface area contributed by atoms with E-state index in [1.54, 1.807) is 29.6 Å². The molecule has 220 valence electrons. The number of fused-ring (bicyclic) bond motifs is 2. The minimum absolute atomic E-state index is 0.0981. The Morgan fingerprint density at radius 2 is 1.71 bits per heavy atom. The van der Waals surface area contributed by atoms with Gasteiger partial charge in [-0.3, -0.25) is 19.2 Å². The number of anilines is 1. The molecule has 0 radical (unpaired) electrons. The van der Waals surface area contributed by atoms with E-state index in [2.05, 4.69) is 10.6 Å². The van der Waals surface area contributed by atoms with Gasteiger partial charge >= 0.3 is 12.1 Å². The number of benzene rings is 2. The molecule has 1 fully saturated rings.